The second-order valence-electron chi connectivity index (χ2n) is 3.05. The number of rotatable bonds is 3. The Hall–Kier alpha value is -1.53. The lowest BCUT2D eigenvalue weighted by atomic mass is 10.3. The Morgan fingerprint density at radius 3 is 2.19 bits per heavy atom. The number of hydroxylamine groups is 2. The lowest BCUT2D eigenvalue weighted by Crippen LogP contribution is -2.46. The van der Waals surface area contributed by atoms with Gasteiger partial charge in [-0.25, -0.2) is 0 Å². The fraction of sp³-hybridized carbons (Fsp3) is 0.250. The van der Waals surface area contributed by atoms with Crippen molar-refractivity contribution in [2.24, 2.45) is 0 Å². The first-order chi connectivity index (χ1) is 7.35. The molecule has 1 aromatic rings. The second kappa shape index (κ2) is 4.15. The van der Waals surface area contributed by atoms with Crippen molar-refractivity contribution >= 4 is 15.7 Å². The van der Waals surface area contributed by atoms with E-state index >= 15 is 0 Å². The van der Waals surface area contributed by atoms with Gasteiger partial charge in [-0.3, -0.25) is 0 Å². The molecule has 2 N–H and O–H groups in total. The minimum atomic E-state index is -4.29. The van der Waals surface area contributed by atoms with Gasteiger partial charge in [0.2, 0.25) is 5.39 Å². The Balaban J connectivity index is 3.25. The summed E-state index contributed by atoms with van der Waals surface area (Å²) in [4.78, 5) is 2.58. The fourth-order valence-electron chi connectivity index (χ4n) is 1.02. The predicted octanol–water partition coefficient (Wildman–Crippen LogP) is 1.47. The van der Waals surface area contributed by atoms with Crippen molar-refractivity contribution in [2.75, 3.05) is 6.54 Å². The second-order valence-corrected chi connectivity index (χ2v) is 5.06. The summed E-state index contributed by atoms with van der Waals surface area (Å²) in [5.74, 6) is 0. The van der Waals surface area contributed by atoms with Crippen molar-refractivity contribution in [2.45, 2.75) is 11.8 Å². The molecule has 0 saturated heterocycles. The molecule has 0 fully saturated rings. The van der Waals surface area contributed by atoms with Crippen LogP contribution in [-0.4, -0.2) is 29.6 Å². The summed E-state index contributed by atoms with van der Waals surface area (Å²) in [6.45, 7) is 0.906. The average molecular weight is 245 g/mol. The van der Waals surface area contributed by atoms with E-state index in [1.54, 1.807) is 0 Å². The predicted molar refractivity (Wildman–Crippen MR) is 52.7 cm³/mol. The highest BCUT2D eigenvalue weighted by atomic mass is 32.2. The normalized spacial score (nSPS) is 12.1. The van der Waals surface area contributed by atoms with Gasteiger partial charge in [-0.1, -0.05) is 0 Å². The third-order valence-corrected chi connectivity index (χ3v) is 3.94. The fourth-order valence-corrected chi connectivity index (χ4v) is 2.18. The van der Waals surface area contributed by atoms with Crippen LogP contribution in [0.25, 0.3) is 4.98 Å². The third-order valence-electron chi connectivity index (χ3n) is 2.05. The summed E-state index contributed by atoms with van der Waals surface area (Å²) in [6.07, 6.45) is 0. The Kier molecular flexibility index (Phi) is 3.25. The maximum absolute atomic E-state index is 11.7. The van der Waals surface area contributed by atoms with Crippen LogP contribution in [-0.2, 0) is 10.0 Å². The number of hydrogen-bond donors (Lipinski definition) is 2. The van der Waals surface area contributed by atoms with E-state index in [0.717, 1.165) is 12.1 Å². The number of hydrogen-bond acceptors (Lipinski definition) is 5. The van der Waals surface area contributed by atoms with Crippen LogP contribution >= 0.6 is 0 Å². The zero-order valence-corrected chi connectivity index (χ0v) is 9.29. The number of diazo groups is 1. The number of quaternary nitrogens is 1. The van der Waals surface area contributed by atoms with Gasteiger partial charge < -0.3 is 0 Å². The molecule has 0 aliphatic rings. The van der Waals surface area contributed by atoms with Crippen LogP contribution < -0.4 is 0 Å². The largest absolute Gasteiger partial charge is 0.387 e. The van der Waals surface area contributed by atoms with Gasteiger partial charge in [-0.15, -0.1) is 0 Å². The van der Waals surface area contributed by atoms with Gasteiger partial charge in [0.25, 0.3) is 0 Å². The average Bonchev–Trinajstić information content (AvgIpc) is 2.29. The first-order valence-corrected chi connectivity index (χ1v) is 5.83. The molecule has 0 saturated carbocycles. The summed E-state index contributed by atoms with van der Waals surface area (Å²) in [7, 11) is -4.29. The minimum absolute atomic E-state index is 0.171. The first kappa shape index (κ1) is 12.5. The third kappa shape index (κ3) is 2.02. The van der Waals surface area contributed by atoms with E-state index in [2.05, 4.69) is 4.98 Å². The molecule has 0 aromatic heterocycles. The molecule has 7 nitrogen and oxygen atoms in total. The Bertz CT molecular complexity index is 515. The van der Waals surface area contributed by atoms with Crippen LogP contribution in [0.4, 0.5) is 5.69 Å². The summed E-state index contributed by atoms with van der Waals surface area (Å²) in [5, 5.41) is 26.9. The molecule has 0 heterocycles. The molecular formula is C8H11N3O4S+2. The molecule has 1 aromatic carbocycles. The molecule has 16 heavy (non-hydrogen) atoms. The van der Waals surface area contributed by atoms with E-state index in [9.17, 15) is 18.8 Å². The molecule has 0 unspecified atom stereocenters. The van der Waals surface area contributed by atoms with Crippen LogP contribution in [0.3, 0.4) is 0 Å². The maximum atomic E-state index is 11.7. The standard InChI is InChI=1S/C8H11N3O4S/c1-2-11(12,13)16(14,15)8-5-3-7(10-9)4-6-8/h3-6,12-13H,2H2,1H3/q+2. The molecule has 0 amide bonds. The van der Waals surface area contributed by atoms with Gasteiger partial charge in [0, 0.05) is 12.1 Å². The van der Waals surface area contributed by atoms with Crippen molar-refractivity contribution in [3.63, 3.8) is 0 Å². The van der Waals surface area contributed by atoms with Gasteiger partial charge in [0.1, 0.15) is 4.90 Å². The summed E-state index contributed by atoms with van der Waals surface area (Å²) in [5.41, 5.74) is 0.171. The molecule has 86 valence electrons. The molecule has 8 heteroatoms. The lowest BCUT2D eigenvalue weighted by Gasteiger charge is -2.18. The highest BCUT2D eigenvalue weighted by molar-refractivity contribution is 7.85. The number of benzene rings is 1. The van der Waals surface area contributed by atoms with Gasteiger partial charge >= 0.3 is 15.7 Å². The van der Waals surface area contributed by atoms with Crippen LogP contribution in [0.2, 0.25) is 0 Å². The summed E-state index contributed by atoms with van der Waals surface area (Å²) >= 11 is 0. The van der Waals surface area contributed by atoms with Crippen molar-refractivity contribution in [3.05, 3.63) is 29.2 Å². The minimum Gasteiger partial charge on any atom is -0.165 e. The summed E-state index contributed by atoms with van der Waals surface area (Å²) in [6, 6.07) is 4.73. The smallest absolute Gasteiger partial charge is 0.165 e. The molecule has 0 bridgehead atoms. The zero-order valence-electron chi connectivity index (χ0n) is 8.48. The Morgan fingerprint density at radius 1 is 1.31 bits per heavy atom. The van der Waals surface area contributed by atoms with E-state index in [-0.39, 0.29) is 10.6 Å². The van der Waals surface area contributed by atoms with E-state index in [1.165, 1.54) is 19.1 Å². The Morgan fingerprint density at radius 2 is 1.81 bits per heavy atom. The molecule has 0 atom stereocenters. The molecule has 1 rings (SSSR count). The van der Waals surface area contributed by atoms with Crippen LogP contribution in [0, 0.1) is 5.39 Å². The van der Waals surface area contributed by atoms with Gasteiger partial charge in [-0.2, -0.15) is 18.8 Å². The number of sulfonamides is 1. The van der Waals surface area contributed by atoms with Gasteiger partial charge in [0.05, 0.1) is 4.21 Å². The van der Waals surface area contributed by atoms with Crippen LogP contribution in [0.1, 0.15) is 6.92 Å². The van der Waals surface area contributed by atoms with Crippen LogP contribution in [0.15, 0.2) is 29.2 Å². The number of nitrogens with zero attached hydrogens (tertiary/aromatic N) is 3. The molecule has 0 aliphatic carbocycles. The maximum Gasteiger partial charge on any atom is 0.387 e. The highest BCUT2D eigenvalue weighted by Crippen LogP contribution is 2.21. The van der Waals surface area contributed by atoms with Crippen molar-refractivity contribution in [3.8, 4) is 0 Å². The van der Waals surface area contributed by atoms with Crippen molar-refractivity contribution < 1.29 is 23.0 Å². The van der Waals surface area contributed by atoms with E-state index in [4.69, 9.17) is 5.39 Å². The van der Waals surface area contributed by atoms with Gasteiger partial charge in [-0.05, 0) is 19.1 Å². The molecule has 0 spiro atoms. The molecular weight excluding hydrogens is 234 g/mol. The zero-order chi connectivity index (χ0) is 12.4. The van der Waals surface area contributed by atoms with E-state index < -0.39 is 20.8 Å². The van der Waals surface area contributed by atoms with E-state index in [1.807, 2.05) is 0 Å². The molecule has 0 radical (unpaired) electrons. The Labute approximate surface area is 92.3 Å². The monoisotopic (exact) mass is 245 g/mol. The summed E-state index contributed by atoms with van der Waals surface area (Å²) < 4.78 is 21.2. The van der Waals surface area contributed by atoms with Gasteiger partial charge in [0.15, 0.2) is 11.5 Å². The SMILES string of the molecule is CC[N+](O)(O)S(=O)(=O)c1ccc([N+]#N)cc1. The van der Waals surface area contributed by atoms with Crippen molar-refractivity contribution in [1.29, 1.82) is 5.39 Å². The quantitative estimate of drug-likeness (QED) is 0.477. The lowest BCUT2D eigenvalue weighted by molar-refractivity contribution is -1.15. The molecule has 0 aliphatic heterocycles. The van der Waals surface area contributed by atoms with E-state index in [0.29, 0.717) is 0 Å². The topological polar surface area (TPSA) is 103 Å². The van der Waals surface area contributed by atoms with Crippen LogP contribution in [0.5, 0.6) is 0 Å². The van der Waals surface area contributed by atoms with Crippen molar-refractivity contribution in [1.82, 2.24) is 0 Å². The first-order valence-electron chi connectivity index (χ1n) is 4.39. The highest BCUT2D eigenvalue weighted by Gasteiger charge is 2.40.